The van der Waals surface area contributed by atoms with E-state index in [1.807, 2.05) is 36.4 Å². The van der Waals surface area contributed by atoms with Crippen LogP contribution in [-0.4, -0.2) is 41.2 Å². The quantitative estimate of drug-likeness (QED) is 0.218. The number of hydrogen-bond donors (Lipinski definition) is 1. The average Bonchev–Trinajstić information content (AvgIpc) is 3.39. The molecule has 0 amide bonds. The number of furan rings is 1. The Kier molecular flexibility index (Phi) is 7.15. The Morgan fingerprint density at radius 3 is 2.77 bits per heavy atom. The maximum atomic E-state index is 13.4. The Bertz CT molecular complexity index is 1620. The molecule has 1 saturated heterocycles. The van der Waals surface area contributed by atoms with Gasteiger partial charge >= 0.3 is 0 Å². The summed E-state index contributed by atoms with van der Waals surface area (Å²) in [6.45, 7) is 2.80. The first-order valence-electron chi connectivity index (χ1n) is 12.6. The lowest BCUT2D eigenvalue weighted by Gasteiger charge is -2.37. The lowest BCUT2D eigenvalue weighted by molar-refractivity contribution is -0.0358. The number of anilines is 2. The Morgan fingerprint density at radius 1 is 1.05 bits per heavy atom. The van der Waals surface area contributed by atoms with Crippen molar-refractivity contribution < 1.29 is 18.3 Å². The summed E-state index contributed by atoms with van der Waals surface area (Å²) in [4.78, 5) is 11.2. The number of likely N-dealkylation sites (tertiary alicyclic amines) is 1. The second-order valence-corrected chi connectivity index (χ2v) is 9.87. The van der Waals surface area contributed by atoms with Gasteiger partial charge in [0.15, 0.2) is 0 Å². The van der Waals surface area contributed by atoms with Crippen molar-refractivity contribution in [3.63, 3.8) is 0 Å². The third-order valence-electron chi connectivity index (χ3n) is 6.70. The molecule has 1 aliphatic rings. The molecule has 0 spiro atoms. The number of halogens is 2. The highest BCUT2D eigenvalue weighted by Crippen LogP contribution is 2.33. The predicted octanol–water partition coefficient (Wildman–Crippen LogP) is 6.84. The molecule has 0 saturated carbocycles. The lowest BCUT2D eigenvalue weighted by Crippen LogP contribution is -2.50. The van der Waals surface area contributed by atoms with Gasteiger partial charge in [-0.25, -0.2) is 14.4 Å². The van der Waals surface area contributed by atoms with Crippen LogP contribution in [0, 0.1) is 5.82 Å². The van der Waals surface area contributed by atoms with Crippen molar-refractivity contribution in [2.75, 3.05) is 25.5 Å². The molecule has 6 rings (SSSR count). The van der Waals surface area contributed by atoms with Gasteiger partial charge in [-0.1, -0.05) is 23.7 Å². The molecule has 9 heteroatoms. The number of benzene rings is 3. The summed E-state index contributed by atoms with van der Waals surface area (Å²) in [5.74, 6) is 2.54. The molecule has 0 aliphatic carbocycles. The van der Waals surface area contributed by atoms with Gasteiger partial charge in [-0.2, -0.15) is 0 Å². The molecule has 0 unspecified atom stereocenters. The van der Waals surface area contributed by atoms with E-state index in [0.29, 0.717) is 22.7 Å². The smallest absolute Gasteiger partial charge is 0.141 e. The van der Waals surface area contributed by atoms with Crippen LogP contribution in [0.15, 0.2) is 83.5 Å². The van der Waals surface area contributed by atoms with Crippen LogP contribution in [0.4, 0.5) is 15.9 Å². The topological polar surface area (TPSA) is 72.7 Å². The number of nitrogens with one attached hydrogen (secondary N) is 1. The van der Waals surface area contributed by atoms with Crippen LogP contribution in [0.3, 0.4) is 0 Å². The zero-order valence-corrected chi connectivity index (χ0v) is 22.0. The van der Waals surface area contributed by atoms with Crippen molar-refractivity contribution in [3.05, 3.63) is 101 Å². The maximum absolute atomic E-state index is 13.4. The molecule has 2 aromatic heterocycles. The number of hydrogen-bond acceptors (Lipinski definition) is 7. The molecule has 5 aromatic rings. The van der Waals surface area contributed by atoms with Gasteiger partial charge in [0.25, 0.3) is 0 Å². The van der Waals surface area contributed by atoms with E-state index in [1.54, 1.807) is 31.4 Å². The van der Waals surface area contributed by atoms with Crippen molar-refractivity contribution in [1.29, 1.82) is 0 Å². The van der Waals surface area contributed by atoms with E-state index in [2.05, 4.69) is 20.2 Å². The van der Waals surface area contributed by atoms with Crippen LogP contribution in [0.5, 0.6) is 5.75 Å². The zero-order chi connectivity index (χ0) is 26.8. The third kappa shape index (κ3) is 5.73. The molecule has 39 heavy (non-hydrogen) atoms. The van der Waals surface area contributed by atoms with Gasteiger partial charge in [0, 0.05) is 36.8 Å². The Morgan fingerprint density at radius 2 is 1.95 bits per heavy atom. The fraction of sp³-hybridized carbons (Fsp3) is 0.200. The standard InChI is InChI=1S/C30H26ClFN4O3/c1-37-24-15-36(16-24)14-23-7-10-28(39-23)20-5-8-27-25(12-20)30(34-18-33-27)35-22-6-9-29(26(31)13-22)38-17-19-3-2-4-21(32)11-19/h2-13,18,24H,14-17H2,1H3,(H,33,34,35). The van der Waals surface area contributed by atoms with E-state index < -0.39 is 0 Å². The number of aromatic nitrogens is 2. The minimum atomic E-state index is -0.304. The lowest BCUT2D eigenvalue weighted by atomic mass is 10.1. The van der Waals surface area contributed by atoms with Crippen LogP contribution in [0.1, 0.15) is 11.3 Å². The van der Waals surface area contributed by atoms with E-state index in [4.69, 9.17) is 25.5 Å². The molecule has 0 bridgehead atoms. The van der Waals surface area contributed by atoms with Crippen molar-refractivity contribution in [2.45, 2.75) is 19.3 Å². The number of rotatable bonds is 9. The largest absolute Gasteiger partial charge is 0.487 e. The van der Waals surface area contributed by atoms with Gasteiger partial charge in [-0.3, -0.25) is 4.90 Å². The molecule has 1 fully saturated rings. The van der Waals surface area contributed by atoms with Crippen LogP contribution >= 0.6 is 11.6 Å². The van der Waals surface area contributed by atoms with E-state index in [0.717, 1.165) is 58.9 Å². The molecule has 3 heterocycles. The Labute approximate surface area is 230 Å². The number of fused-ring (bicyclic) bond motifs is 1. The second kappa shape index (κ2) is 11.0. The molecule has 0 atom stereocenters. The summed E-state index contributed by atoms with van der Waals surface area (Å²) in [6.07, 6.45) is 1.83. The number of methoxy groups -OCH3 is 1. The van der Waals surface area contributed by atoms with Crippen molar-refractivity contribution in [2.24, 2.45) is 0 Å². The van der Waals surface area contributed by atoms with Gasteiger partial charge in [0.2, 0.25) is 0 Å². The predicted molar refractivity (Wildman–Crippen MR) is 149 cm³/mol. The van der Waals surface area contributed by atoms with Gasteiger partial charge in [-0.05, 0) is 66.2 Å². The van der Waals surface area contributed by atoms with Gasteiger partial charge in [0.05, 0.1) is 23.2 Å². The highest BCUT2D eigenvalue weighted by atomic mass is 35.5. The molecule has 3 aromatic carbocycles. The summed E-state index contributed by atoms with van der Waals surface area (Å²) >= 11 is 6.49. The van der Waals surface area contributed by atoms with Gasteiger partial charge in [-0.15, -0.1) is 0 Å². The van der Waals surface area contributed by atoms with Gasteiger partial charge < -0.3 is 19.2 Å². The molecule has 1 aliphatic heterocycles. The monoisotopic (exact) mass is 544 g/mol. The first-order chi connectivity index (χ1) is 19.0. The molecule has 7 nitrogen and oxygen atoms in total. The molecule has 1 N–H and O–H groups in total. The van der Waals surface area contributed by atoms with Crippen LogP contribution < -0.4 is 10.1 Å². The first-order valence-corrected chi connectivity index (χ1v) is 12.9. The van der Waals surface area contributed by atoms with Crippen molar-refractivity contribution in [3.8, 4) is 17.1 Å². The minimum absolute atomic E-state index is 0.212. The molecular weight excluding hydrogens is 519 g/mol. The maximum Gasteiger partial charge on any atom is 0.141 e. The summed E-state index contributed by atoms with van der Waals surface area (Å²) in [7, 11) is 1.74. The second-order valence-electron chi connectivity index (χ2n) is 9.46. The number of nitrogens with zero attached hydrogens (tertiary/aromatic N) is 3. The summed E-state index contributed by atoms with van der Waals surface area (Å²) < 4.78 is 30.7. The highest BCUT2D eigenvalue weighted by molar-refractivity contribution is 6.32. The minimum Gasteiger partial charge on any atom is -0.487 e. The first kappa shape index (κ1) is 25.3. The van der Waals surface area contributed by atoms with Crippen LogP contribution in [-0.2, 0) is 17.9 Å². The van der Waals surface area contributed by atoms with E-state index in [9.17, 15) is 4.39 Å². The van der Waals surface area contributed by atoms with Crippen molar-refractivity contribution >= 4 is 34.0 Å². The van der Waals surface area contributed by atoms with E-state index >= 15 is 0 Å². The average molecular weight is 545 g/mol. The molecule has 198 valence electrons. The molecule has 0 radical (unpaired) electrons. The fourth-order valence-corrected chi connectivity index (χ4v) is 4.80. The highest BCUT2D eigenvalue weighted by Gasteiger charge is 2.27. The Balaban J connectivity index is 1.18. The van der Waals surface area contributed by atoms with Gasteiger partial charge in [0.1, 0.15) is 41.8 Å². The van der Waals surface area contributed by atoms with Crippen LogP contribution in [0.2, 0.25) is 5.02 Å². The normalized spacial score (nSPS) is 13.9. The summed E-state index contributed by atoms with van der Waals surface area (Å²) in [5, 5.41) is 4.62. The zero-order valence-electron chi connectivity index (χ0n) is 21.2. The summed E-state index contributed by atoms with van der Waals surface area (Å²) in [6, 6.07) is 21.6. The SMILES string of the molecule is COC1CN(Cc2ccc(-c3ccc4ncnc(Nc5ccc(OCc6cccc(F)c6)c(Cl)c5)c4c3)o2)C1. The molecular formula is C30H26ClFN4O3. The Hall–Kier alpha value is -3.98. The number of ether oxygens (including phenoxy) is 2. The van der Waals surface area contributed by atoms with Crippen molar-refractivity contribution in [1.82, 2.24) is 14.9 Å². The third-order valence-corrected chi connectivity index (χ3v) is 6.99. The van der Waals surface area contributed by atoms with E-state index in [-0.39, 0.29) is 12.4 Å². The summed E-state index contributed by atoms with van der Waals surface area (Å²) in [5.41, 5.74) is 3.20. The van der Waals surface area contributed by atoms with E-state index in [1.165, 1.54) is 18.5 Å². The van der Waals surface area contributed by atoms with Crippen LogP contribution in [0.25, 0.3) is 22.2 Å². The fourth-order valence-electron chi connectivity index (χ4n) is 4.57.